The molecule has 1 atom stereocenters. The number of esters is 1. The summed E-state index contributed by atoms with van der Waals surface area (Å²) in [5.74, 6) is 0.191. The quantitative estimate of drug-likeness (QED) is 0.207. The number of rotatable bonds is 7. The second-order valence-electron chi connectivity index (χ2n) is 9.43. The molecule has 41 heavy (non-hydrogen) atoms. The van der Waals surface area contributed by atoms with Crippen LogP contribution in [0.4, 0.5) is 0 Å². The van der Waals surface area contributed by atoms with Crippen molar-refractivity contribution in [3.8, 4) is 5.75 Å². The van der Waals surface area contributed by atoms with Crippen LogP contribution in [0.1, 0.15) is 35.9 Å². The molecule has 206 valence electrons. The first-order valence-electron chi connectivity index (χ1n) is 13.1. The highest BCUT2D eigenvalue weighted by Gasteiger charge is 2.34. The third-order valence-electron chi connectivity index (χ3n) is 6.84. The summed E-state index contributed by atoms with van der Waals surface area (Å²) in [5, 5.41) is 4.59. The number of allylic oxidation sites excluding steroid dienone is 1. The topological polar surface area (TPSA) is 69.9 Å². The Morgan fingerprint density at radius 3 is 2.63 bits per heavy atom. The molecule has 3 aromatic carbocycles. The summed E-state index contributed by atoms with van der Waals surface area (Å²) in [5.41, 5.74) is 2.48. The van der Waals surface area contributed by atoms with Crippen LogP contribution in [-0.4, -0.2) is 17.1 Å². The monoisotopic (exact) mass is 600 g/mol. The number of thiophene rings is 1. The first kappa shape index (κ1) is 27.2. The molecule has 1 aliphatic heterocycles. The van der Waals surface area contributed by atoms with Gasteiger partial charge in [0.25, 0.3) is 5.56 Å². The van der Waals surface area contributed by atoms with Gasteiger partial charge in [0.15, 0.2) is 4.80 Å². The molecule has 0 amide bonds. The predicted molar refractivity (Wildman–Crippen MR) is 164 cm³/mol. The average molecular weight is 601 g/mol. The van der Waals surface area contributed by atoms with Crippen LogP contribution in [0.5, 0.6) is 5.75 Å². The zero-order valence-electron chi connectivity index (χ0n) is 22.3. The highest BCUT2D eigenvalue weighted by Crippen LogP contribution is 2.33. The summed E-state index contributed by atoms with van der Waals surface area (Å²) < 4.78 is 13.8. The first-order chi connectivity index (χ1) is 19.9. The number of aromatic nitrogens is 1. The number of hydrogen-bond acceptors (Lipinski definition) is 7. The lowest BCUT2D eigenvalue weighted by molar-refractivity contribution is -0.139. The van der Waals surface area contributed by atoms with Gasteiger partial charge in [-0.3, -0.25) is 9.36 Å². The largest absolute Gasteiger partial charge is 0.488 e. The van der Waals surface area contributed by atoms with Gasteiger partial charge in [-0.05, 0) is 65.9 Å². The Hall–Kier alpha value is -3.98. The van der Waals surface area contributed by atoms with Crippen LogP contribution in [0.25, 0.3) is 16.8 Å². The fourth-order valence-corrected chi connectivity index (χ4v) is 6.91. The molecule has 2 aromatic heterocycles. The zero-order chi connectivity index (χ0) is 28.5. The van der Waals surface area contributed by atoms with E-state index in [4.69, 9.17) is 21.1 Å². The molecule has 6 nitrogen and oxygen atoms in total. The van der Waals surface area contributed by atoms with E-state index in [0.717, 1.165) is 26.8 Å². The number of halogens is 1. The molecule has 0 spiro atoms. The second-order valence-corrected chi connectivity index (χ2v) is 11.9. The number of carbonyl (C=O) groups excluding carboxylic acids is 1. The van der Waals surface area contributed by atoms with Gasteiger partial charge in [0, 0.05) is 15.5 Å². The fourth-order valence-electron chi connectivity index (χ4n) is 4.93. The minimum Gasteiger partial charge on any atom is -0.488 e. The number of carbonyl (C=O) groups is 1. The van der Waals surface area contributed by atoms with E-state index in [-0.39, 0.29) is 12.2 Å². The van der Waals surface area contributed by atoms with Gasteiger partial charge < -0.3 is 9.47 Å². The Kier molecular flexibility index (Phi) is 7.62. The smallest absolute Gasteiger partial charge is 0.338 e. The van der Waals surface area contributed by atoms with Gasteiger partial charge in [-0.2, -0.15) is 0 Å². The summed E-state index contributed by atoms with van der Waals surface area (Å²) in [4.78, 5) is 33.2. The molecular weight excluding hydrogens is 576 g/mol. The second kappa shape index (κ2) is 11.5. The number of nitrogens with zero attached hydrogens (tertiary/aromatic N) is 2. The van der Waals surface area contributed by atoms with Crippen molar-refractivity contribution in [1.82, 2.24) is 4.57 Å². The Labute approximate surface area is 249 Å². The minimum atomic E-state index is -0.611. The molecule has 3 heterocycles. The number of benzene rings is 3. The molecule has 0 N–H and O–H groups in total. The lowest BCUT2D eigenvalue weighted by Crippen LogP contribution is -2.39. The van der Waals surface area contributed by atoms with Gasteiger partial charge in [-0.1, -0.05) is 71.5 Å². The molecule has 0 unspecified atom stereocenters. The Morgan fingerprint density at radius 2 is 1.88 bits per heavy atom. The molecule has 0 radical (unpaired) electrons. The van der Waals surface area contributed by atoms with Crippen LogP contribution in [0.15, 0.2) is 99.2 Å². The van der Waals surface area contributed by atoms with Gasteiger partial charge in [0.2, 0.25) is 0 Å². The normalized spacial score (nSPS) is 15.1. The van der Waals surface area contributed by atoms with Crippen molar-refractivity contribution in [2.75, 3.05) is 6.61 Å². The lowest BCUT2D eigenvalue weighted by atomic mass is 10.0. The lowest BCUT2D eigenvalue weighted by Gasteiger charge is -2.23. The average Bonchev–Trinajstić information content (AvgIpc) is 3.61. The van der Waals surface area contributed by atoms with Gasteiger partial charge >= 0.3 is 5.97 Å². The third-order valence-corrected chi connectivity index (χ3v) is 9.00. The third kappa shape index (κ3) is 5.26. The van der Waals surface area contributed by atoms with E-state index in [1.807, 2.05) is 84.3 Å². The van der Waals surface area contributed by atoms with E-state index in [9.17, 15) is 9.59 Å². The van der Waals surface area contributed by atoms with Gasteiger partial charge in [0.1, 0.15) is 18.4 Å². The fraction of sp³-hybridized carbons (Fsp3) is 0.156. The number of ether oxygens (including phenoxy) is 2. The summed E-state index contributed by atoms with van der Waals surface area (Å²) in [6.07, 6.45) is 1.87. The molecule has 0 bridgehead atoms. The van der Waals surface area contributed by atoms with Crippen LogP contribution < -0.4 is 19.6 Å². The maximum Gasteiger partial charge on any atom is 0.338 e. The molecule has 6 rings (SSSR count). The van der Waals surface area contributed by atoms with E-state index in [1.165, 1.54) is 22.7 Å². The van der Waals surface area contributed by atoms with Gasteiger partial charge in [-0.25, -0.2) is 9.79 Å². The van der Waals surface area contributed by atoms with Crippen LogP contribution in [0.2, 0.25) is 5.02 Å². The molecule has 9 heteroatoms. The Morgan fingerprint density at radius 1 is 1.07 bits per heavy atom. The van der Waals surface area contributed by atoms with Crippen molar-refractivity contribution in [2.24, 2.45) is 4.99 Å². The minimum absolute atomic E-state index is 0.224. The van der Waals surface area contributed by atoms with Crippen molar-refractivity contribution < 1.29 is 14.3 Å². The molecular formula is C32H25ClN2O4S2. The summed E-state index contributed by atoms with van der Waals surface area (Å²) in [6, 6.07) is 22.7. The number of thiazole rings is 1. The van der Waals surface area contributed by atoms with Crippen LogP contribution >= 0.6 is 34.3 Å². The van der Waals surface area contributed by atoms with Gasteiger partial charge in [0.05, 0.1) is 22.4 Å². The maximum atomic E-state index is 14.1. The van der Waals surface area contributed by atoms with Gasteiger partial charge in [-0.15, -0.1) is 11.3 Å². The molecule has 1 aliphatic rings. The Balaban J connectivity index is 1.51. The van der Waals surface area contributed by atoms with Crippen molar-refractivity contribution in [3.63, 3.8) is 0 Å². The van der Waals surface area contributed by atoms with Crippen molar-refractivity contribution in [3.05, 3.63) is 130 Å². The predicted octanol–water partition coefficient (Wildman–Crippen LogP) is 6.25. The first-order valence-corrected chi connectivity index (χ1v) is 15.1. The zero-order valence-corrected chi connectivity index (χ0v) is 24.7. The molecule has 0 saturated carbocycles. The van der Waals surface area contributed by atoms with E-state index in [0.29, 0.717) is 38.0 Å². The van der Waals surface area contributed by atoms with Crippen LogP contribution in [0.3, 0.4) is 0 Å². The SMILES string of the molecule is CCOC(=O)C1=C(C)N=c2s/c(=C\c3c(OCc4ccc(Cl)cc4)ccc4ccccc34)c(=O)n2[C@@H]1c1cccs1. The van der Waals surface area contributed by atoms with E-state index in [1.54, 1.807) is 18.4 Å². The highest BCUT2D eigenvalue weighted by atomic mass is 35.5. The summed E-state index contributed by atoms with van der Waals surface area (Å²) in [6.45, 7) is 4.13. The molecule has 0 aliphatic carbocycles. The van der Waals surface area contributed by atoms with Crippen LogP contribution in [-0.2, 0) is 16.1 Å². The molecule has 5 aromatic rings. The summed E-state index contributed by atoms with van der Waals surface area (Å²) >= 11 is 8.84. The molecule has 0 fully saturated rings. The maximum absolute atomic E-state index is 14.1. The Bertz CT molecular complexity index is 1970. The van der Waals surface area contributed by atoms with E-state index < -0.39 is 12.0 Å². The van der Waals surface area contributed by atoms with Crippen molar-refractivity contribution >= 4 is 57.1 Å². The van der Waals surface area contributed by atoms with E-state index in [2.05, 4.69) is 4.99 Å². The standard InChI is InChI=1S/C32H25ClN2O4S2/c1-3-38-31(37)28-19(2)34-32-35(29(28)26-9-6-16-40-26)30(36)27(41-32)17-24-23-8-5-4-7-21(23)12-15-25(24)39-18-20-10-13-22(33)14-11-20/h4-17,29H,3,18H2,1-2H3/b27-17-/t29-/m1/s1. The highest BCUT2D eigenvalue weighted by molar-refractivity contribution is 7.10. The number of fused-ring (bicyclic) bond motifs is 2. The van der Waals surface area contributed by atoms with Crippen molar-refractivity contribution in [2.45, 2.75) is 26.5 Å². The summed E-state index contributed by atoms with van der Waals surface area (Å²) in [7, 11) is 0. The molecule has 0 saturated heterocycles. The van der Waals surface area contributed by atoms with Crippen molar-refractivity contribution in [1.29, 1.82) is 0 Å². The number of hydrogen-bond donors (Lipinski definition) is 0. The van der Waals surface area contributed by atoms with Crippen LogP contribution in [0, 0.1) is 0 Å². The van der Waals surface area contributed by atoms with E-state index >= 15 is 0 Å².